The van der Waals surface area contributed by atoms with Crippen molar-refractivity contribution in [3.8, 4) is 11.3 Å². The standard InChI is InChI=1S/C24H24F3N7OS/c1-13-17(6-7-18(30-13)22(35)28-8-9-34(2)3)32-23-29-12-14-10-20(36)31-19-11-15(24(25,26)27)4-5-16(19)21(14)33-23/h4-7,11-12H,8-10H2,1-3H3,(H,28,35)(H,31,36)(H,29,32,33). The molecule has 1 aromatic carbocycles. The van der Waals surface area contributed by atoms with Gasteiger partial charge in [0.15, 0.2) is 0 Å². The number of anilines is 3. The summed E-state index contributed by atoms with van der Waals surface area (Å²) in [5.74, 6) is -0.0356. The largest absolute Gasteiger partial charge is 0.416 e. The molecule has 12 heteroatoms. The lowest BCUT2D eigenvalue weighted by atomic mass is 10.0. The minimum Gasteiger partial charge on any atom is -0.349 e. The number of benzene rings is 1. The number of likely N-dealkylation sites (N-methyl/N-ethyl adjacent to an activating group) is 1. The Labute approximate surface area is 211 Å². The van der Waals surface area contributed by atoms with Crippen LogP contribution in [0.2, 0.25) is 0 Å². The van der Waals surface area contributed by atoms with Crippen LogP contribution in [-0.2, 0) is 12.6 Å². The van der Waals surface area contributed by atoms with Crippen molar-refractivity contribution >= 4 is 40.4 Å². The maximum atomic E-state index is 13.2. The molecule has 8 nitrogen and oxygen atoms in total. The van der Waals surface area contributed by atoms with E-state index in [0.29, 0.717) is 52.7 Å². The van der Waals surface area contributed by atoms with E-state index < -0.39 is 11.7 Å². The molecular weight excluding hydrogens is 491 g/mol. The number of nitrogens with zero attached hydrogens (tertiary/aromatic N) is 4. The van der Waals surface area contributed by atoms with Crippen molar-refractivity contribution in [1.82, 2.24) is 25.2 Å². The Hall–Kier alpha value is -3.64. The number of fused-ring (bicyclic) bond motifs is 3. The van der Waals surface area contributed by atoms with Gasteiger partial charge in [-0.2, -0.15) is 13.2 Å². The van der Waals surface area contributed by atoms with Crippen LogP contribution in [0.15, 0.2) is 36.5 Å². The third kappa shape index (κ3) is 5.77. The summed E-state index contributed by atoms with van der Waals surface area (Å²) in [7, 11) is 3.84. The lowest BCUT2D eigenvalue weighted by Gasteiger charge is -2.14. The summed E-state index contributed by atoms with van der Waals surface area (Å²) in [6.07, 6.45) is -2.59. The maximum absolute atomic E-state index is 13.2. The average Bonchev–Trinajstić information content (AvgIpc) is 2.94. The Bertz CT molecular complexity index is 1330. The molecule has 0 radical (unpaired) electrons. The van der Waals surface area contributed by atoms with E-state index in [1.165, 1.54) is 6.07 Å². The fourth-order valence-corrected chi connectivity index (χ4v) is 3.92. The van der Waals surface area contributed by atoms with Gasteiger partial charge in [-0.15, -0.1) is 0 Å². The van der Waals surface area contributed by atoms with Crippen LogP contribution in [-0.4, -0.2) is 57.9 Å². The molecule has 0 aliphatic carbocycles. The van der Waals surface area contributed by atoms with Crippen molar-refractivity contribution < 1.29 is 18.0 Å². The van der Waals surface area contributed by atoms with Gasteiger partial charge in [-0.1, -0.05) is 18.3 Å². The van der Waals surface area contributed by atoms with Crippen LogP contribution in [0, 0.1) is 6.92 Å². The SMILES string of the molecule is Cc1nc(C(=O)NCCN(C)C)ccc1Nc1ncc2c(n1)-c1ccc(C(F)(F)F)cc1NC(=S)C2. The molecule has 36 heavy (non-hydrogen) atoms. The molecule has 3 aromatic rings. The minimum absolute atomic E-state index is 0.237. The molecule has 188 valence electrons. The number of aromatic nitrogens is 3. The summed E-state index contributed by atoms with van der Waals surface area (Å²) < 4.78 is 39.7. The number of carbonyl (C=O) groups is 1. The first-order valence-electron chi connectivity index (χ1n) is 11.1. The molecule has 0 bridgehead atoms. The lowest BCUT2D eigenvalue weighted by Crippen LogP contribution is -2.31. The Morgan fingerprint density at radius 2 is 1.97 bits per heavy atom. The molecule has 3 N–H and O–H groups in total. The van der Waals surface area contributed by atoms with E-state index >= 15 is 0 Å². The fraction of sp³-hybridized carbons (Fsp3) is 0.292. The highest BCUT2D eigenvalue weighted by Crippen LogP contribution is 2.38. The smallest absolute Gasteiger partial charge is 0.349 e. The van der Waals surface area contributed by atoms with Gasteiger partial charge >= 0.3 is 6.18 Å². The van der Waals surface area contributed by atoms with Crippen LogP contribution in [0.5, 0.6) is 0 Å². The van der Waals surface area contributed by atoms with Gasteiger partial charge in [0.25, 0.3) is 5.91 Å². The van der Waals surface area contributed by atoms with Crippen molar-refractivity contribution in [2.75, 3.05) is 37.8 Å². The molecular formula is C24H24F3N7OS. The zero-order valence-electron chi connectivity index (χ0n) is 19.8. The van der Waals surface area contributed by atoms with Crippen molar-refractivity contribution in [2.24, 2.45) is 0 Å². The predicted molar refractivity (Wildman–Crippen MR) is 136 cm³/mol. The van der Waals surface area contributed by atoms with E-state index in [2.05, 4.69) is 30.9 Å². The van der Waals surface area contributed by atoms with Crippen LogP contribution in [0.4, 0.5) is 30.5 Å². The second kappa shape index (κ2) is 10.2. The first-order chi connectivity index (χ1) is 17.0. The Balaban J connectivity index is 1.59. The second-order valence-corrected chi connectivity index (χ2v) is 9.06. The van der Waals surface area contributed by atoms with Gasteiger partial charge in [0.05, 0.1) is 27.6 Å². The van der Waals surface area contributed by atoms with Crippen LogP contribution in [0.1, 0.15) is 27.3 Å². The molecule has 1 aliphatic rings. The Morgan fingerprint density at radius 3 is 2.67 bits per heavy atom. The molecule has 0 unspecified atom stereocenters. The van der Waals surface area contributed by atoms with E-state index in [9.17, 15) is 18.0 Å². The molecule has 1 aliphatic heterocycles. The molecule has 0 atom stereocenters. The number of nitrogens with one attached hydrogen (secondary N) is 3. The summed E-state index contributed by atoms with van der Waals surface area (Å²) >= 11 is 5.30. The quantitative estimate of drug-likeness (QED) is 0.421. The minimum atomic E-state index is -4.48. The number of hydrogen-bond donors (Lipinski definition) is 3. The number of carbonyl (C=O) groups excluding carboxylic acids is 1. The molecule has 3 heterocycles. The summed E-state index contributed by atoms with van der Waals surface area (Å²) in [5, 5.41) is 8.80. The van der Waals surface area contributed by atoms with Crippen molar-refractivity contribution in [3.05, 3.63) is 59.0 Å². The fourth-order valence-electron chi connectivity index (χ4n) is 3.65. The third-order valence-electron chi connectivity index (χ3n) is 5.50. The number of thiocarbonyl (C=S) groups is 1. The number of amides is 1. The molecule has 0 spiro atoms. The van der Waals surface area contributed by atoms with Crippen molar-refractivity contribution in [1.29, 1.82) is 0 Å². The molecule has 0 fully saturated rings. The van der Waals surface area contributed by atoms with E-state index in [-0.39, 0.29) is 23.2 Å². The Morgan fingerprint density at radius 1 is 1.19 bits per heavy atom. The second-order valence-electron chi connectivity index (χ2n) is 8.56. The summed E-state index contributed by atoms with van der Waals surface area (Å²) in [4.78, 5) is 28.0. The number of pyridine rings is 1. The summed E-state index contributed by atoms with van der Waals surface area (Å²) in [6.45, 7) is 2.96. The predicted octanol–water partition coefficient (Wildman–Crippen LogP) is 4.20. The molecule has 4 rings (SSSR count). The van der Waals surface area contributed by atoms with Crippen LogP contribution in [0.3, 0.4) is 0 Å². The Kier molecular flexibility index (Phi) is 7.18. The van der Waals surface area contributed by atoms with Gasteiger partial charge in [-0.3, -0.25) is 4.79 Å². The average molecular weight is 516 g/mol. The third-order valence-corrected chi connectivity index (χ3v) is 5.75. The molecule has 0 saturated carbocycles. The number of rotatable bonds is 6. The van der Waals surface area contributed by atoms with Gasteiger partial charge < -0.3 is 20.9 Å². The lowest BCUT2D eigenvalue weighted by molar-refractivity contribution is -0.137. The number of hydrogen-bond acceptors (Lipinski definition) is 7. The van der Waals surface area contributed by atoms with E-state index in [0.717, 1.165) is 12.1 Å². The highest BCUT2D eigenvalue weighted by molar-refractivity contribution is 7.80. The first kappa shape index (κ1) is 25.5. The van der Waals surface area contributed by atoms with E-state index in [4.69, 9.17) is 12.2 Å². The van der Waals surface area contributed by atoms with Crippen molar-refractivity contribution in [3.63, 3.8) is 0 Å². The van der Waals surface area contributed by atoms with Gasteiger partial charge in [-0.05, 0) is 45.3 Å². The summed E-state index contributed by atoms with van der Waals surface area (Å²) in [5.41, 5.74) is 2.56. The number of alkyl halides is 3. The zero-order chi connectivity index (χ0) is 26.0. The van der Waals surface area contributed by atoms with E-state index in [1.807, 2.05) is 19.0 Å². The highest BCUT2D eigenvalue weighted by atomic mass is 32.1. The van der Waals surface area contributed by atoms with Crippen molar-refractivity contribution in [2.45, 2.75) is 19.5 Å². The molecule has 0 saturated heterocycles. The maximum Gasteiger partial charge on any atom is 0.416 e. The highest BCUT2D eigenvalue weighted by Gasteiger charge is 2.32. The molecule has 1 amide bonds. The number of aryl methyl sites for hydroxylation is 1. The normalized spacial score (nSPS) is 12.9. The first-order valence-corrected chi connectivity index (χ1v) is 11.5. The van der Waals surface area contributed by atoms with Gasteiger partial charge in [0.1, 0.15) is 5.69 Å². The van der Waals surface area contributed by atoms with Gasteiger partial charge in [0.2, 0.25) is 5.95 Å². The van der Waals surface area contributed by atoms with Crippen LogP contribution < -0.4 is 16.0 Å². The topological polar surface area (TPSA) is 95.1 Å². The summed E-state index contributed by atoms with van der Waals surface area (Å²) in [6, 6.07) is 6.73. The molecule has 2 aromatic heterocycles. The number of halogens is 3. The van der Waals surface area contributed by atoms with Crippen LogP contribution in [0.25, 0.3) is 11.3 Å². The van der Waals surface area contributed by atoms with Gasteiger partial charge in [0, 0.05) is 42.5 Å². The zero-order valence-corrected chi connectivity index (χ0v) is 20.6. The van der Waals surface area contributed by atoms with Crippen LogP contribution >= 0.6 is 12.2 Å². The monoisotopic (exact) mass is 515 g/mol. The van der Waals surface area contributed by atoms with Gasteiger partial charge in [-0.25, -0.2) is 15.0 Å². The van der Waals surface area contributed by atoms with E-state index in [1.54, 1.807) is 25.3 Å².